The number of hydrogen-bond donors (Lipinski definition) is 1. The summed E-state index contributed by atoms with van der Waals surface area (Å²) in [5.74, 6) is 0.153. The first kappa shape index (κ1) is 12.8. The Kier molecular flexibility index (Phi) is 5.62. The summed E-state index contributed by atoms with van der Waals surface area (Å²) in [4.78, 5) is 11.9. The lowest BCUT2D eigenvalue weighted by Gasteiger charge is -2.15. The molecule has 0 saturated carbocycles. The highest BCUT2D eigenvalue weighted by Crippen LogP contribution is 2.18. The Morgan fingerprint density at radius 1 is 1.25 bits per heavy atom. The Bertz CT molecular complexity index is 308. The molecule has 0 radical (unpaired) electrons. The van der Waals surface area contributed by atoms with Crippen molar-refractivity contribution >= 4 is 5.91 Å². The van der Waals surface area contributed by atoms with Crippen LogP contribution in [0.4, 0.5) is 0 Å². The molecule has 0 bridgehead atoms. The largest absolute Gasteiger partial charge is 0.356 e. The molecule has 0 fully saturated rings. The minimum atomic E-state index is -0.00180. The highest BCUT2D eigenvalue weighted by atomic mass is 16.1. The molecule has 2 heteroatoms. The maximum absolute atomic E-state index is 11.9. The molecular formula is C14H21NO. The normalized spacial score (nSPS) is 12.1. The second kappa shape index (κ2) is 7.04. The summed E-state index contributed by atoms with van der Waals surface area (Å²) in [6, 6.07) is 9.99. The van der Waals surface area contributed by atoms with Crippen LogP contribution in [0.1, 0.15) is 44.6 Å². The topological polar surface area (TPSA) is 29.1 Å². The zero-order chi connectivity index (χ0) is 11.8. The van der Waals surface area contributed by atoms with E-state index in [0.717, 1.165) is 31.4 Å². The predicted molar refractivity (Wildman–Crippen MR) is 67.4 cm³/mol. The zero-order valence-corrected chi connectivity index (χ0v) is 10.2. The van der Waals surface area contributed by atoms with Crippen molar-refractivity contribution in [2.24, 2.45) is 0 Å². The Balaban J connectivity index is 2.57. The third-order valence-electron chi connectivity index (χ3n) is 2.76. The number of nitrogens with one attached hydrogen (secondary N) is 1. The highest BCUT2D eigenvalue weighted by molar-refractivity contribution is 5.83. The fourth-order valence-electron chi connectivity index (χ4n) is 1.77. The molecule has 1 rings (SSSR count). The van der Waals surface area contributed by atoms with E-state index in [1.165, 1.54) is 0 Å². The van der Waals surface area contributed by atoms with E-state index in [-0.39, 0.29) is 11.8 Å². The van der Waals surface area contributed by atoms with E-state index in [1.807, 2.05) is 30.3 Å². The van der Waals surface area contributed by atoms with Crippen molar-refractivity contribution in [1.82, 2.24) is 5.32 Å². The molecule has 0 heterocycles. The highest BCUT2D eigenvalue weighted by Gasteiger charge is 2.17. The van der Waals surface area contributed by atoms with Crippen molar-refractivity contribution in [3.8, 4) is 0 Å². The van der Waals surface area contributed by atoms with Crippen LogP contribution in [0.25, 0.3) is 0 Å². The summed E-state index contributed by atoms with van der Waals surface area (Å²) < 4.78 is 0. The molecule has 0 aromatic heterocycles. The average molecular weight is 219 g/mol. The second-order valence-corrected chi connectivity index (χ2v) is 4.02. The van der Waals surface area contributed by atoms with Crippen molar-refractivity contribution < 1.29 is 4.79 Å². The first-order chi connectivity index (χ1) is 7.79. The van der Waals surface area contributed by atoms with Gasteiger partial charge in [-0.2, -0.15) is 0 Å². The number of unbranched alkanes of at least 4 members (excludes halogenated alkanes) is 1. The maximum Gasteiger partial charge on any atom is 0.227 e. The summed E-state index contributed by atoms with van der Waals surface area (Å²) >= 11 is 0. The second-order valence-electron chi connectivity index (χ2n) is 4.02. The SMILES string of the molecule is CCCCNC(=O)C(CC)c1ccccc1. The zero-order valence-electron chi connectivity index (χ0n) is 10.2. The molecular weight excluding hydrogens is 198 g/mol. The molecule has 1 amide bonds. The molecule has 1 atom stereocenters. The van der Waals surface area contributed by atoms with Gasteiger partial charge in [-0.15, -0.1) is 0 Å². The monoisotopic (exact) mass is 219 g/mol. The van der Waals surface area contributed by atoms with Gasteiger partial charge in [-0.25, -0.2) is 0 Å². The fourth-order valence-corrected chi connectivity index (χ4v) is 1.77. The van der Waals surface area contributed by atoms with Gasteiger partial charge in [-0.1, -0.05) is 50.6 Å². The third-order valence-corrected chi connectivity index (χ3v) is 2.76. The quantitative estimate of drug-likeness (QED) is 0.732. The van der Waals surface area contributed by atoms with E-state index in [4.69, 9.17) is 0 Å². The third kappa shape index (κ3) is 3.69. The standard InChI is InChI=1S/C14H21NO/c1-3-5-11-15-14(16)13(4-2)12-9-7-6-8-10-12/h6-10,13H,3-5,11H2,1-2H3,(H,15,16). The lowest BCUT2D eigenvalue weighted by Crippen LogP contribution is -2.29. The summed E-state index contributed by atoms with van der Waals surface area (Å²) in [5.41, 5.74) is 1.11. The molecule has 1 aromatic rings. The van der Waals surface area contributed by atoms with Gasteiger partial charge in [0, 0.05) is 6.54 Å². The molecule has 0 spiro atoms. The van der Waals surface area contributed by atoms with Crippen molar-refractivity contribution in [2.75, 3.05) is 6.54 Å². The Hall–Kier alpha value is -1.31. The van der Waals surface area contributed by atoms with E-state index in [1.54, 1.807) is 0 Å². The molecule has 0 aliphatic heterocycles. The number of benzene rings is 1. The van der Waals surface area contributed by atoms with E-state index < -0.39 is 0 Å². The lowest BCUT2D eigenvalue weighted by molar-refractivity contribution is -0.122. The van der Waals surface area contributed by atoms with Gasteiger partial charge in [0.05, 0.1) is 5.92 Å². The molecule has 16 heavy (non-hydrogen) atoms. The van der Waals surface area contributed by atoms with Crippen molar-refractivity contribution in [1.29, 1.82) is 0 Å². The summed E-state index contributed by atoms with van der Waals surface area (Å²) in [6.07, 6.45) is 3.02. The number of carbonyl (C=O) groups excluding carboxylic acids is 1. The van der Waals surface area contributed by atoms with Crippen LogP contribution in [0.15, 0.2) is 30.3 Å². The molecule has 88 valence electrons. The van der Waals surface area contributed by atoms with Crippen LogP contribution in [0.2, 0.25) is 0 Å². The van der Waals surface area contributed by atoms with Gasteiger partial charge in [0.25, 0.3) is 0 Å². The van der Waals surface area contributed by atoms with Crippen LogP contribution in [0.5, 0.6) is 0 Å². The minimum Gasteiger partial charge on any atom is -0.356 e. The van der Waals surface area contributed by atoms with Crippen LogP contribution in [-0.4, -0.2) is 12.5 Å². The van der Waals surface area contributed by atoms with Gasteiger partial charge < -0.3 is 5.32 Å². The number of amides is 1. The summed E-state index contributed by atoms with van der Waals surface area (Å²) in [6.45, 7) is 4.97. The Morgan fingerprint density at radius 3 is 2.50 bits per heavy atom. The Morgan fingerprint density at radius 2 is 1.94 bits per heavy atom. The summed E-state index contributed by atoms with van der Waals surface area (Å²) in [5, 5.41) is 2.99. The van der Waals surface area contributed by atoms with Crippen LogP contribution in [0, 0.1) is 0 Å². The van der Waals surface area contributed by atoms with Gasteiger partial charge >= 0.3 is 0 Å². The average Bonchev–Trinajstić information content (AvgIpc) is 2.32. The molecule has 2 nitrogen and oxygen atoms in total. The minimum absolute atomic E-state index is 0.00180. The van der Waals surface area contributed by atoms with Crippen LogP contribution in [-0.2, 0) is 4.79 Å². The van der Waals surface area contributed by atoms with Crippen LogP contribution < -0.4 is 5.32 Å². The molecule has 0 aliphatic carbocycles. The van der Waals surface area contributed by atoms with E-state index in [2.05, 4.69) is 19.2 Å². The molecule has 1 unspecified atom stereocenters. The smallest absolute Gasteiger partial charge is 0.227 e. The van der Waals surface area contributed by atoms with E-state index in [9.17, 15) is 4.79 Å². The predicted octanol–water partition coefficient (Wildman–Crippen LogP) is 3.10. The summed E-state index contributed by atoms with van der Waals surface area (Å²) in [7, 11) is 0. The van der Waals surface area contributed by atoms with Crippen molar-refractivity contribution in [2.45, 2.75) is 39.0 Å². The van der Waals surface area contributed by atoms with E-state index >= 15 is 0 Å². The van der Waals surface area contributed by atoms with Gasteiger partial charge in [0.2, 0.25) is 5.91 Å². The Labute approximate surface area is 98.1 Å². The molecule has 0 saturated heterocycles. The number of hydrogen-bond acceptors (Lipinski definition) is 1. The van der Waals surface area contributed by atoms with Gasteiger partial charge in [0.15, 0.2) is 0 Å². The first-order valence-electron chi connectivity index (χ1n) is 6.12. The molecule has 1 N–H and O–H groups in total. The lowest BCUT2D eigenvalue weighted by atomic mass is 9.96. The molecule has 1 aromatic carbocycles. The van der Waals surface area contributed by atoms with E-state index in [0.29, 0.717) is 0 Å². The van der Waals surface area contributed by atoms with Gasteiger partial charge in [-0.3, -0.25) is 4.79 Å². The number of carbonyl (C=O) groups is 1. The van der Waals surface area contributed by atoms with Crippen molar-refractivity contribution in [3.63, 3.8) is 0 Å². The van der Waals surface area contributed by atoms with Crippen LogP contribution >= 0.6 is 0 Å². The maximum atomic E-state index is 11.9. The van der Waals surface area contributed by atoms with Crippen LogP contribution in [0.3, 0.4) is 0 Å². The van der Waals surface area contributed by atoms with Gasteiger partial charge in [0.1, 0.15) is 0 Å². The molecule has 0 aliphatic rings. The first-order valence-corrected chi connectivity index (χ1v) is 6.12. The fraction of sp³-hybridized carbons (Fsp3) is 0.500. The number of rotatable bonds is 6. The van der Waals surface area contributed by atoms with Gasteiger partial charge in [-0.05, 0) is 18.4 Å². The van der Waals surface area contributed by atoms with Crippen molar-refractivity contribution in [3.05, 3.63) is 35.9 Å².